The number of likely N-dealkylation sites (tertiary alicyclic amines) is 2. The second-order valence-corrected chi connectivity index (χ2v) is 8.69. The fraction of sp³-hybridized carbons (Fsp3) is 0.619. The maximum absolute atomic E-state index is 12.9. The lowest BCUT2D eigenvalue weighted by Crippen LogP contribution is -2.46. The Balaban J connectivity index is 1.40. The van der Waals surface area contributed by atoms with Gasteiger partial charge in [0, 0.05) is 39.1 Å². The van der Waals surface area contributed by atoms with Gasteiger partial charge in [0.2, 0.25) is 5.91 Å². The predicted octanol–water partition coefficient (Wildman–Crippen LogP) is 3.64. The average Bonchev–Trinajstić information content (AvgIpc) is 2.93. The monoisotopic (exact) mass is 386 g/mol. The average molecular weight is 387 g/mol. The molecule has 1 aromatic carbocycles. The first kappa shape index (κ1) is 18.7. The Labute approximate surface area is 166 Å². The predicted molar refractivity (Wildman–Crippen MR) is 111 cm³/mol. The van der Waals surface area contributed by atoms with Crippen molar-refractivity contribution in [2.45, 2.75) is 39.3 Å². The SMILES string of the molecule is C[C@H]1CCCN(C(=O)C2CCN(Cn3c(=S)n(C)c4ccccc43)CC2)C1. The van der Waals surface area contributed by atoms with Crippen LogP contribution in [0.4, 0.5) is 0 Å². The molecule has 4 rings (SSSR count). The quantitative estimate of drug-likeness (QED) is 0.755. The molecule has 6 heteroatoms. The molecule has 1 amide bonds. The molecule has 0 saturated carbocycles. The molecule has 0 N–H and O–H groups in total. The molecule has 27 heavy (non-hydrogen) atoms. The highest BCUT2D eigenvalue weighted by atomic mass is 32.1. The van der Waals surface area contributed by atoms with Crippen molar-refractivity contribution in [3.8, 4) is 0 Å². The van der Waals surface area contributed by atoms with Crippen molar-refractivity contribution in [1.82, 2.24) is 18.9 Å². The summed E-state index contributed by atoms with van der Waals surface area (Å²) in [4.78, 5) is 17.4. The third kappa shape index (κ3) is 3.69. The van der Waals surface area contributed by atoms with Crippen molar-refractivity contribution in [3.63, 3.8) is 0 Å². The lowest BCUT2D eigenvalue weighted by atomic mass is 9.93. The number of carbonyl (C=O) groups is 1. The Bertz CT molecular complexity index is 878. The summed E-state index contributed by atoms with van der Waals surface area (Å²) in [5.74, 6) is 1.24. The Morgan fingerprint density at radius 2 is 1.81 bits per heavy atom. The summed E-state index contributed by atoms with van der Waals surface area (Å²) in [5.41, 5.74) is 2.36. The molecular formula is C21H30N4OS. The maximum Gasteiger partial charge on any atom is 0.225 e. The van der Waals surface area contributed by atoms with Gasteiger partial charge in [0.15, 0.2) is 4.77 Å². The van der Waals surface area contributed by atoms with E-state index in [0.717, 1.165) is 56.9 Å². The number of carbonyl (C=O) groups excluding carboxylic acids is 1. The number of fused-ring (bicyclic) bond motifs is 1. The van der Waals surface area contributed by atoms with Crippen LogP contribution in [0.25, 0.3) is 11.0 Å². The number of imidazole rings is 1. The summed E-state index contributed by atoms with van der Waals surface area (Å²) in [7, 11) is 2.03. The maximum atomic E-state index is 12.9. The molecular weight excluding hydrogens is 356 g/mol. The molecule has 1 atom stereocenters. The van der Waals surface area contributed by atoms with Crippen LogP contribution in [0.15, 0.2) is 24.3 Å². The first-order valence-corrected chi connectivity index (χ1v) is 10.6. The molecule has 2 aliphatic heterocycles. The van der Waals surface area contributed by atoms with Crippen LogP contribution in [0, 0.1) is 16.6 Å². The van der Waals surface area contributed by atoms with Crippen LogP contribution in [-0.2, 0) is 18.5 Å². The third-order valence-electron chi connectivity index (χ3n) is 6.30. The number of piperidine rings is 2. The van der Waals surface area contributed by atoms with Crippen molar-refractivity contribution in [2.24, 2.45) is 18.9 Å². The van der Waals surface area contributed by atoms with Gasteiger partial charge >= 0.3 is 0 Å². The van der Waals surface area contributed by atoms with E-state index in [4.69, 9.17) is 12.2 Å². The van der Waals surface area contributed by atoms with Crippen LogP contribution in [0.3, 0.4) is 0 Å². The minimum atomic E-state index is 0.201. The molecule has 5 nitrogen and oxygen atoms in total. The highest BCUT2D eigenvalue weighted by Crippen LogP contribution is 2.25. The number of nitrogens with zero attached hydrogens (tertiary/aromatic N) is 4. The highest BCUT2D eigenvalue weighted by Gasteiger charge is 2.30. The van der Waals surface area contributed by atoms with Gasteiger partial charge in [-0.2, -0.15) is 0 Å². The van der Waals surface area contributed by atoms with E-state index in [0.29, 0.717) is 11.8 Å². The summed E-state index contributed by atoms with van der Waals surface area (Å²) < 4.78 is 5.16. The van der Waals surface area contributed by atoms with E-state index < -0.39 is 0 Å². The summed E-state index contributed by atoms with van der Waals surface area (Å²) in [6.07, 6.45) is 4.34. The molecule has 2 fully saturated rings. The topological polar surface area (TPSA) is 33.4 Å². The zero-order chi connectivity index (χ0) is 19.0. The Hall–Kier alpha value is -1.66. The summed E-state index contributed by atoms with van der Waals surface area (Å²) >= 11 is 5.66. The third-order valence-corrected chi connectivity index (χ3v) is 6.79. The van der Waals surface area contributed by atoms with E-state index in [9.17, 15) is 4.79 Å². The largest absolute Gasteiger partial charge is 0.342 e. The van der Waals surface area contributed by atoms with Gasteiger partial charge in [0.1, 0.15) is 0 Å². The first-order valence-electron chi connectivity index (χ1n) is 10.2. The summed E-state index contributed by atoms with van der Waals surface area (Å²) in [6.45, 7) is 6.89. The Kier molecular flexibility index (Phi) is 5.37. The van der Waals surface area contributed by atoms with E-state index in [-0.39, 0.29) is 5.92 Å². The number of aromatic nitrogens is 2. The van der Waals surface area contributed by atoms with E-state index in [2.05, 4.69) is 50.1 Å². The molecule has 0 spiro atoms. The zero-order valence-corrected chi connectivity index (χ0v) is 17.2. The number of benzene rings is 1. The summed E-state index contributed by atoms with van der Waals surface area (Å²) in [6, 6.07) is 8.38. The van der Waals surface area contributed by atoms with Crippen molar-refractivity contribution < 1.29 is 4.79 Å². The van der Waals surface area contributed by atoms with Crippen molar-refractivity contribution >= 4 is 29.2 Å². The van der Waals surface area contributed by atoms with Crippen LogP contribution in [0.2, 0.25) is 0 Å². The fourth-order valence-electron chi connectivity index (χ4n) is 4.67. The van der Waals surface area contributed by atoms with Crippen LogP contribution in [0.1, 0.15) is 32.6 Å². The molecule has 0 bridgehead atoms. The van der Waals surface area contributed by atoms with E-state index in [1.807, 2.05) is 7.05 Å². The number of para-hydroxylation sites is 2. The zero-order valence-electron chi connectivity index (χ0n) is 16.4. The number of amides is 1. The summed E-state index contributed by atoms with van der Waals surface area (Å²) in [5, 5.41) is 0. The number of rotatable bonds is 3. The normalized spacial score (nSPS) is 22.4. The van der Waals surface area contributed by atoms with Crippen molar-refractivity contribution in [2.75, 3.05) is 26.2 Å². The van der Waals surface area contributed by atoms with E-state index >= 15 is 0 Å². The molecule has 146 valence electrons. The van der Waals surface area contributed by atoms with Crippen molar-refractivity contribution in [3.05, 3.63) is 29.0 Å². The Morgan fingerprint density at radius 1 is 1.11 bits per heavy atom. The number of hydrogen-bond donors (Lipinski definition) is 0. The van der Waals surface area contributed by atoms with E-state index in [1.165, 1.54) is 17.5 Å². The Morgan fingerprint density at radius 3 is 2.52 bits per heavy atom. The number of hydrogen-bond acceptors (Lipinski definition) is 3. The lowest BCUT2D eigenvalue weighted by molar-refractivity contribution is -0.139. The van der Waals surface area contributed by atoms with Crippen molar-refractivity contribution in [1.29, 1.82) is 0 Å². The van der Waals surface area contributed by atoms with Gasteiger partial charge in [0.25, 0.3) is 0 Å². The van der Waals surface area contributed by atoms with Crippen LogP contribution >= 0.6 is 12.2 Å². The van der Waals surface area contributed by atoms with Gasteiger partial charge in [-0.05, 0) is 56.0 Å². The van der Waals surface area contributed by atoms with Crippen LogP contribution < -0.4 is 0 Å². The van der Waals surface area contributed by atoms with Gasteiger partial charge in [0.05, 0.1) is 17.7 Å². The molecule has 0 radical (unpaired) electrons. The first-order chi connectivity index (χ1) is 13.0. The van der Waals surface area contributed by atoms with Gasteiger partial charge in [-0.1, -0.05) is 19.1 Å². The van der Waals surface area contributed by atoms with Gasteiger partial charge in [-0.25, -0.2) is 0 Å². The molecule has 0 unspecified atom stereocenters. The number of aryl methyl sites for hydroxylation is 1. The second-order valence-electron chi connectivity index (χ2n) is 8.32. The minimum Gasteiger partial charge on any atom is -0.342 e. The second kappa shape index (κ2) is 7.76. The standard InChI is InChI=1S/C21H30N4OS/c1-16-6-5-11-24(14-16)20(26)17-9-12-23(13-10-17)15-25-19-8-4-3-7-18(19)22(2)21(25)27/h3-4,7-8,16-17H,5-6,9-15H2,1-2H3/t16-/m0/s1. The lowest BCUT2D eigenvalue weighted by Gasteiger charge is -2.37. The molecule has 2 saturated heterocycles. The van der Waals surface area contributed by atoms with E-state index in [1.54, 1.807) is 0 Å². The van der Waals surface area contributed by atoms with Crippen LogP contribution in [-0.4, -0.2) is 51.0 Å². The molecule has 1 aromatic heterocycles. The molecule has 3 heterocycles. The minimum absolute atomic E-state index is 0.201. The molecule has 2 aliphatic rings. The fourth-order valence-corrected chi connectivity index (χ4v) is 4.92. The van der Waals surface area contributed by atoms with Gasteiger partial charge in [-0.15, -0.1) is 0 Å². The van der Waals surface area contributed by atoms with Crippen LogP contribution in [0.5, 0.6) is 0 Å². The highest BCUT2D eigenvalue weighted by molar-refractivity contribution is 7.71. The molecule has 2 aromatic rings. The van der Waals surface area contributed by atoms with Gasteiger partial charge < -0.3 is 14.0 Å². The smallest absolute Gasteiger partial charge is 0.225 e. The van der Waals surface area contributed by atoms with Gasteiger partial charge in [-0.3, -0.25) is 9.69 Å². The molecule has 0 aliphatic carbocycles.